The average Bonchev–Trinajstić information content (AvgIpc) is 3.35. The minimum absolute atomic E-state index is 0.00959. The summed E-state index contributed by atoms with van der Waals surface area (Å²) in [5.74, 6) is -0.149. The highest BCUT2D eigenvalue weighted by molar-refractivity contribution is 8.32. The summed E-state index contributed by atoms with van der Waals surface area (Å²) >= 11 is 6.45. The Balaban J connectivity index is 1.51. The van der Waals surface area contributed by atoms with Crippen molar-refractivity contribution in [1.29, 1.82) is 0 Å². The third-order valence-corrected chi connectivity index (χ3v) is 9.69. The van der Waals surface area contributed by atoms with E-state index in [9.17, 15) is 8.42 Å². The van der Waals surface area contributed by atoms with Crippen molar-refractivity contribution in [1.82, 2.24) is 10.1 Å². The third-order valence-electron chi connectivity index (χ3n) is 6.25. The van der Waals surface area contributed by atoms with Gasteiger partial charge < -0.3 is 14.6 Å². The molecule has 8 nitrogen and oxygen atoms in total. The van der Waals surface area contributed by atoms with Gasteiger partial charge in [0.15, 0.2) is 5.82 Å². The number of likely N-dealkylation sites (tertiary alicyclic amines) is 1. The number of nitrogens with one attached hydrogen (secondary N) is 1. The van der Waals surface area contributed by atoms with E-state index in [1.807, 2.05) is 18.2 Å². The second-order valence-corrected chi connectivity index (χ2v) is 16.9. The summed E-state index contributed by atoms with van der Waals surface area (Å²) in [6.45, 7) is 3.47. The van der Waals surface area contributed by atoms with Gasteiger partial charge in [0.1, 0.15) is 23.7 Å². The Morgan fingerprint density at radius 1 is 1.16 bits per heavy atom. The zero-order valence-corrected chi connectivity index (χ0v) is 24.2. The first-order chi connectivity index (χ1) is 18.0. The molecule has 2 aromatic carbocycles. The van der Waals surface area contributed by atoms with E-state index in [0.717, 1.165) is 47.4 Å². The molecule has 1 fully saturated rings. The number of rotatable bonds is 13. The summed E-state index contributed by atoms with van der Waals surface area (Å²) in [7, 11) is -5.22. The molecule has 0 aliphatic carbocycles. The lowest BCUT2D eigenvalue weighted by molar-refractivity contribution is 0.158. The van der Waals surface area contributed by atoms with Crippen molar-refractivity contribution in [3.8, 4) is 0 Å². The normalized spacial score (nSPS) is 14.8. The number of hydrogen-bond acceptors (Lipinski definition) is 7. The molecule has 4 rings (SSSR count). The van der Waals surface area contributed by atoms with Crippen LogP contribution in [0.25, 0.3) is 0 Å². The van der Waals surface area contributed by atoms with Gasteiger partial charge in [0.05, 0.1) is 17.3 Å². The molecule has 1 N–H and O–H groups in total. The maximum absolute atomic E-state index is 15.3. The topological polar surface area (TPSA) is 87.9 Å². The van der Waals surface area contributed by atoms with Crippen LogP contribution in [0.2, 0.25) is 5.02 Å². The van der Waals surface area contributed by atoms with Crippen LogP contribution in [0.4, 0.5) is 15.9 Å². The highest BCUT2D eigenvalue weighted by atomic mass is 35.5. The van der Waals surface area contributed by atoms with Crippen LogP contribution in [0.5, 0.6) is 0 Å². The highest BCUT2D eigenvalue weighted by Gasteiger charge is 2.31. The third kappa shape index (κ3) is 7.20. The van der Waals surface area contributed by atoms with E-state index in [-0.39, 0.29) is 17.6 Å². The molecular formula is C26H34ClFN4O4S2. The van der Waals surface area contributed by atoms with Crippen LogP contribution in [0.15, 0.2) is 58.1 Å². The number of aromatic nitrogens is 1. The minimum Gasteiger partial charge on any atom is -0.380 e. The molecule has 1 aromatic heterocycles. The van der Waals surface area contributed by atoms with Gasteiger partial charge in [-0.05, 0) is 61.5 Å². The smallest absolute Gasteiger partial charge is 0.270 e. The fraction of sp³-hybridized carbons (Fsp3) is 0.423. The largest absolute Gasteiger partial charge is 0.380 e. The van der Waals surface area contributed by atoms with Gasteiger partial charge in [-0.1, -0.05) is 41.0 Å². The molecule has 12 heteroatoms. The standard InChI is InChI=1S/C26H34ClFN4O4S2/c1-37(2,3)14-13-35-19-32(26-9-12-36-30-26)38(33,34)25-15-22(27)24(16-23(25)28)29-17-20-7-4-5-8-21(20)18-31-10-6-11-31/h4-5,7-9,12,15-16,29H,6,10-11,13-14,17-19H2,1-3H3. The average molecular weight is 585 g/mol. The van der Waals surface area contributed by atoms with Crippen molar-refractivity contribution in [2.45, 2.75) is 24.4 Å². The van der Waals surface area contributed by atoms with Gasteiger partial charge in [0.2, 0.25) is 0 Å². The first-order valence-electron chi connectivity index (χ1n) is 12.2. The molecule has 0 saturated carbocycles. The van der Waals surface area contributed by atoms with E-state index in [1.165, 1.54) is 24.3 Å². The Morgan fingerprint density at radius 3 is 2.53 bits per heavy atom. The molecule has 1 aliphatic rings. The molecule has 0 bridgehead atoms. The van der Waals surface area contributed by atoms with E-state index in [2.05, 4.69) is 40.2 Å². The lowest BCUT2D eigenvalue weighted by Crippen LogP contribution is -2.36. The SMILES string of the molecule is CS(C)(C)CCOCN(c1ccon1)S(=O)(=O)c1cc(Cl)c(NCc2ccccc2CN2CCC2)cc1F. The highest BCUT2D eigenvalue weighted by Crippen LogP contribution is 2.34. The van der Waals surface area contributed by atoms with Crippen molar-refractivity contribution in [2.75, 3.05) is 60.6 Å². The van der Waals surface area contributed by atoms with E-state index in [4.69, 9.17) is 20.9 Å². The van der Waals surface area contributed by atoms with Gasteiger partial charge in [-0.2, -0.15) is 0 Å². The molecular weight excluding hydrogens is 551 g/mol. The molecule has 2 heterocycles. The molecule has 1 saturated heterocycles. The van der Waals surface area contributed by atoms with Crippen molar-refractivity contribution in [2.24, 2.45) is 0 Å². The van der Waals surface area contributed by atoms with Crippen molar-refractivity contribution < 1.29 is 22.1 Å². The van der Waals surface area contributed by atoms with Crippen LogP contribution in [-0.2, 0) is 27.8 Å². The van der Waals surface area contributed by atoms with Crippen LogP contribution in [0.3, 0.4) is 0 Å². The van der Waals surface area contributed by atoms with E-state index >= 15 is 4.39 Å². The van der Waals surface area contributed by atoms with Gasteiger partial charge in [0.25, 0.3) is 10.0 Å². The zero-order valence-electron chi connectivity index (χ0n) is 21.8. The summed E-state index contributed by atoms with van der Waals surface area (Å²) in [4.78, 5) is 1.79. The summed E-state index contributed by atoms with van der Waals surface area (Å²) in [5.41, 5.74) is 2.56. The summed E-state index contributed by atoms with van der Waals surface area (Å²) in [5, 5.41) is 6.98. The van der Waals surface area contributed by atoms with E-state index in [0.29, 0.717) is 18.8 Å². The van der Waals surface area contributed by atoms with Crippen molar-refractivity contribution in [3.63, 3.8) is 0 Å². The minimum atomic E-state index is -4.39. The zero-order chi connectivity index (χ0) is 27.3. The van der Waals surface area contributed by atoms with E-state index < -0.39 is 30.8 Å². The number of ether oxygens (including phenoxy) is 1. The molecule has 1 aliphatic heterocycles. The number of benzene rings is 2. The predicted molar refractivity (Wildman–Crippen MR) is 152 cm³/mol. The lowest BCUT2D eigenvalue weighted by atomic mass is 10.1. The predicted octanol–water partition coefficient (Wildman–Crippen LogP) is 5.15. The number of hydrogen-bond donors (Lipinski definition) is 1. The van der Waals surface area contributed by atoms with Gasteiger partial charge in [-0.25, -0.2) is 27.1 Å². The summed E-state index contributed by atoms with van der Waals surface area (Å²) in [6, 6.07) is 11.7. The monoisotopic (exact) mass is 584 g/mol. The number of sulfonamides is 1. The van der Waals surface area contributed by atoms with Crippen molar-refractivity contribution in [3.05, 3.63) is 70.7 Å². The quantitative estimate of drug-likeness (QED) is 0.220. The van der Waals surface area contributed by atoms with Gasteiger partial charge in [-0.3, -0.25) is 4.90 Å². The molecule has 0 unspecified atom stereocenters. The molecule has 0 spiro atoms. The van der Waals surface area contributed by atoms with Crippen LogP contribution < -0.4 is 9.62 Å². The van der Waals surface area contributed by atoms with E-state index in [1.54, 1.807) is 0 Å². The Hall–Kier alpha value is -2.31. The second-order valence-electron chi connectivity index (χ2n) is 10.1. The maximum atomic E-state index is 15.3. The van der Waals surface area contributed by atoms with Crippen LogP contribution in [0, 0.1) is 5.82 Å². The lowest BCUT2D eigenvalue weighted by Gasteiger charge is -2.31. The van der Waals surface area contributed by atoms with Crippen LogP contribution in [-0.4, -0.2) is 69.4 Å². The van der Waals surface area contributed by atoms with Gasteiger partial charge >= 0.3 is 0 Å². The molecule has 0 amide bonds. The fourth-order valence-electron chi connectivity index (χ4n) is 3.89. The molecule has 0 radical (unpaired) electrons. The van der Waals surface area contributed by atoms with Crippen LogP contribution >= 0.6 is 21.6 Å². The van der Waals surface area contributed by atoms with Crippen LogP contribution in [0.1, 0.15) is 17.5 Å². The molecule has 0 atom stereocenters. The van der Waals surface area contributed by atoms with Gasteiger partial charge in [-0.15, -0.1) is 0 Å². The summed E-state index contributed by atoms with van der Waals surface area (Å²) < 4.78 is 53.7. The second kappa shape index (κ2) is 12.3. The Morgan fingerprint density at radius 2 is 1.89 bits per heavy atom. The van der Waals surface area contributed by atoms with Gasteiger partial charge in [0, 0.05) is 24.9 Å². The number of anilines is 2. The molecule has 3 aromatic rings. The molecule has 38 heavy (non-hydrogen) atoms. The number of halogens is 2. The first kappa shape index (κ1) is 28.7. The Labute approximate surface area is 230 Å². The Kier molecular flexibility index (Phi) is 9.25. The maximum Gasteiger partial charge on any atom is 0.270 e. The Bertz CT molecular complexity index is 1330. The first-order valence-corrected chi connectivity index (χ1v) is 17.1. The summed E-state index contributed by atoms with van der Waals surface area (Å²) in [6.07, 6.45) is 8.87. The fourth-order valence-corrected chi connectivity index (χ4v) is 6.16. The van der Waals surface area contributed by atoms with Crippen molar-refractivity contribution >= 4 is 43.2 Å². The molecule has 208 valence electrons. The number of nitrogens with zero attached hydrogens (tertiary/aromatic N) is 3.